The Hall–Kier alpha value is -0.330. The topological polar surface area (TPSA) is 17.1 Å². The molecule has 2 bridgehead atoms. The summed E-state index contributed by atoms with van der Waals surface area (Å²) < 4.78 is 0. The molecule has 0 aliphatic heterocycles. The molecule has 11 heavy (non-hydrogen) atoms. The van der Waals surface area contributed by atoms with Crippen LogP contribution in [0.5, 0.6) is 0 Å². The average molecular weight is 152 g/mol. The Labute approximate surface area is 68.2 Å². The zero-order chi connectivity index (χ0) is 7.68. The Bertz CT molecular complexity index is 153. The zero-order valence-electron chi connectivity index (χ0n) is 6.96. The molecule has 3 atom stereocenters. The van der Waals surface area contributed by atoms with Gasteiger partial charge in [-0.3, -0.25) is 0 Å². The van der Waals surface area contributed by atoms with Crippen molar-refractivity contribution in [3.05, 3.63) is 0 Å². The van der Waals surface area contributed by atoms with Gasteiger partial charge in [-0.2, -0.15) is 0 Å². The van der Waals surface area contributed by atoms with Crippen LogP contribution < -0.4 is 0 Å². The van der Waals surface area contributed by atoms with E-state index in [1.807, 2.05) is 0 Å². The summed E-state index contributed by atoms with van der Waals surface area (Å²) in [5.74, 6) is 2.95. The van der Waals surface area contributed by atoms with Gasteiger partial charge >= 0.3 is 0 Å². The quantitative estimate of drug-likeness (QED) is 0.567. The number of rotatable bonds is 3. The molecule has 2 aliphatic rings. The summed E-state index contributed by atoms with van der Waals surface area (Å²) in [7, 11) is 0. The molecule has 0 N–H and O–H groups in total. The lowest BCUT2D eigenvalue weighted by Gasteiger charge is -2.20. The second-order valence-electron chi connectivity index (χ2n) is 4.18. The van der Waals surface area contributed by atoms with Crippen LogP contribution in [0.15, 0.2) is 0 Å². The van der Waals surface area contributed by atoms with Crippen LogP contribution >= 0.6 is 0 Å². The maximum absolute atomic E-state index is 10.2. The summed E-state index contributed by atoms with van der Waals surface area (Å²) in [6, 6.07) is 0. The van der Waals surface area contributed by atoms with E-state index in [1.54, 1.807) is 0 Å². The molecule has 2 fully saturated rings. The minimum Gasteiger partial charge on any atom is -0.303 e. The second-order valence-corrected chi connectivity index (χ2v) is 4.18. The van der Waals surface area contributed by atoms with Crippen LogP contribution in [0.1, 0.15) is 38.5 Å². The molecule has 0 amide bonds. The largest absolute Gasteiger partial charge is 0.303 e. The first-order valence-corrected chi connectivity index (χ1v) is 4.84. The smallest absolute Gasteiger partial charge is 0.120 e. The Morgan fingerprint density at radius 1 is 1.27 bits per heavy atom. The Balaban J connectivity index is 1.83. The van der Waals surface area contributed by atoms with Gasteiger partial charge in [-0.25, -0.2) is 0 Å². The molecule has 2 aliphatic carbocycles. The van der Waals surface area contributed by atoms with Crippen LogP contribution in [0.2, 0.25) is 0 Å². The summed E-state index contributed by atoms with van der Waals surface area (Å²) in [6.45, 7) is 0. The molecular formula is C10H16O. The van der Waals surface area contributed by atoms with Crippen molar-refractivity contribution in [3.8, 4) is 0 Å². The van der Waals surface area contributed by atoms with Crippen molar-refractivity contribution in [2.75, 3.05) is 0 Å². The van der Waals surface area contributed by atoms with Gasteiger partial charge in [0.05, 0.1) is 0 Å². The molecule has 1 nitrogen and oxygen atoms in total. The minimum atomic E-state index is 0.799. The lowest BCUT2D eigenvalue weighted by Crippen LogP contribution is -2.10. The standard InChI is InChI=1S/C10H16O/c11-5-1-2-9-6-8-3-4-10(9)7-8/h5,8-10H,1-4,6-7H2/t8-,9+,10+/m0/s1. The highest BCUT2D eigenvalue weighted by atomic mass is 16.1. The fraction of sp³-hybridized carbons (Fsp3) is 0.900. The third kappa shape index (κ3) is 1.33. The van der Waals surface area contributed by atoms with Gasteiger partial charge in [0.25, 0.3) is 0 Å². The van der Waals surface area contributed by atoms with Gasteiger partial charge in [0.1, 0.15) is 6.29 Å². The minimum absolute atomic E-state index is 0.799. The maximum atomic E-state index is 10.2. The molecule has 0 aromatic carbocycles. The van der Waals surface area contributed by atoms with Crippen LogP contribution in [0.3, 0.4) is 0 Å². The molecule has 0 saturated heterocycles. The summed E-state index contributed by atoms with van der Waals surface area (Å²) in [4.78, 5) is 10.2. The monoisotopic (exact) mass is 152 g/mol. The van der Waals surface area contributed by atoms with Crippen molar-refractivity contribution < 1.29 is 4.79 Å². The Morgan fingerprint density at radius 3 is 2.73 bits per heavy atom. The summed E-state index contributed by atoms with van der Waals surface area (Å²) >= 11 is 0. The van der Waals surface area contributed by atoms with Crippen molar-refractivity contribution in [1.29, 1.82) is 0 Å². The van der Waals surface area contributed by atoms with Gasteiger partial charge in [0.2, 0.25) is 0 Å². The van der Waals surface area contributed by atoms with E-state index in [2.05, 4.69) is 0 Å². The molecule has 1 heteroatoms. The summed E-state index contributed by atoms with van der Waals surface area (Å²) in [6.07, 6.45) is 8.88. The van der Waals surface area contributed by atoms with Gasteiger partial charge < -0.3 is 4.79 Å². The first-order chi connectivity index (χ1) is 5.40. The molecule has 0 spiro atoms. The van der Waals surface area contributed by atoms with E-state index in [9.17, 15) is 4.79 Å². The van der Waals surface area contributed by atoms with Crippen LogP contribution in [0.4, 0.5) is 0 Å². The molecule has 2 rings (SSSR count). The van der Waals surface area contributed by atoms with E-state index in [4.69, 9.17) is 0 Å². The second kappa shape index (κ2) is 2.96. The van der Waals surface area contributed by atoms with Crippen molar-refractivity contribution in [2.24, 2.45) is 17.8 Å². The predicted octanol–water partition coefficient (Wildman–Crippen LogP) is 2.40. The van der Waals surface area contributed by atoms with Crippen molar-refractivity contribution >= 4 is 6.29 Å². The van der Waals surface area contributed by atoms with Gasteiger partial charge in [0.15, 0.2) is 0 Å². The molecule has 0 aromatic rings. The molecule has 62 valence electrons. The van der Waals surface area contributed by atoms with Gasteiger partial charge in [0, 0.05) is 6.42 Å². The first kappa shape index (κ1) is 7.33. The fourth-order valence-corrected chi connectivity index (χ4v) is 3.01. The van der Waals surface area contributed by atoms with Crippen molar-refractivity contribution in [1.82, 2.24) is 0 Å². The number of aldehydes is 1. The number of hydrogen-bond acceptors (Lipinski definition) is 1. The first-order valence-electron chi connectivity index (χ1n) is 4.84. The van der Waals surface area contributed by atoms with Crippen molar-refractivity contribution in [3.63, 3.8) is 0 Å². The van der Waals surface area contributed by atoms with Crippen LogP contribution in [-0.2, 0) is 4.79 Å². The highest BCUT2D eigenvalue weighted by Crippen LogP contribution is 2.49. The van der Waals surface area contributed by atoms with Crippen LogP contribution in [0, 0.1) is 17.8 Å². The predicted molar refractivity (Wildman–Crippen MR) is 44.2 cm³/mol. The van der Waals surface area contributed by atoms with E-state index >= 15 is 0 Å². The fourth-order valence-electron chi connectivity index (χ4n) is 3.01. The lowest BCUT2D eigenvalue weighted by atomic mass is 9.86. The third-order valence-electron chi connectivity index (χ3n) is 3.54. The number of fused-ring (bicyclic) bond motifs is 2. The van der Waals surface area contributed by atoms with E-state index in [1.165, 1.54) is 32.1 Å². The van der Waals surface area contributed by atoms with E-state index in [0.29, 0.717) is 0 Å². The molecule has 0 heterocycles. The van der Waals surface area contributed by atoms with Crippen LogP contribution in [-0.4, -0.2) is 6.29 Å². The van der Waals surface area contributed by atoms with E-state index < -0.39 is 0 Å². The average Bonchev–Trinajstić information content (AvgIpc) is 2.60. The number of carbonyl (C=O) groups excluding carboxylic acids is 1. The van der Waals surface area contributed by atoms with Crippen LogP contribution in [0.25, 0.3) is 0 Å². The molecule has 0 unspecified atom stereocenters. The summed E-state index contributed by atoms with van der Waals surface area (Å²) in [5, 5.41) is 0. The molecule has 2 saturated carbocycles. The number of hydrogen-bond donors (Lipinski definition) is 0. The highest BCUT2D eigenvalue weighted by molar-refractivity contribution is 5.49. The molecular weight excluding hydrogens is 136 g/mol. The lowest BCUT2D eigenvalue weighted by molar-refractivity contribution is -0.108. The van der Waals surface area contributed by atoms with Gasteiger partial charge in [-0.1, -0.05) is 6.42 Å². The Kier molecular flexibility index (Phi) is 1.97. The normalized spacial score (nSPS) is 41.3. The summed E-state index contributed by atoms with van der Waals surface area (Å²) in [5.41, 5.74) is 0. The SMILES string of the molecule is O=CCC[C@@H]1C[C@@H]2CC[C@@H]1C2. The van der Waals surface area contributed by atoms with Gasteiger partial charge in [-0.05, 0) is 43.4 Å². The van der Waals surface area contributed by atoms with Gasteiger partial charge in [-0.15, -0.1) is 0 Å². The van der Waals surface area contributed by atoms with E-state index in [0.717, 1.165) is 30.5 Å². The number of carbonyl (C=O) groups is 1. The molecule has 0 radical (unpaired) electrons. The Morgan fingerprint density at radius 2 is 2.18 bits per heavy atom. The van der Waals surface area contributed by atoms with E-state index in [-0.39, 0.29) is 0 Å². The highest BCUT2D eigenvalue weighted by Gasteiger charge is 2.38. The maximum Gasteiger partial charge on any atom is 0.120 e. The molecule has 0 aromatic heterocycles. The van der Waals surface area contributed by atoms with Crippen molar-refractivity contribution in [2.45, 2.75) is 38.5 Å². The zero-order valence-corrected chi connectivity index (χ0v) is 6.96. The third-order valence-corrected chi connectivity index (χ3v) is 3.54.